The van der Waals surface area contributed by atoms with Gasteiger partial charge >= 0.3 is 6.18 Å². The molecule has 0 radical (unpaired) electrons. The summed E-state index contributed by atoms with van der Waals surface area (Å²) >= 11 is 0. The quantitative estimate of drug-likeness (QED) is 0.782. The Morgan fingerprint density at radius 1 is 1.24 bits per heavy atom. The first kappa shape index (κ1) is 18.4. The summed E-state index contributed by atoms with van der Waals surface area (Å²) in [5.41, 5.74) is 2.28. The molecule has 1 aliphatic heterocycles. The van der Waals surface area contributed by atoms with Crippen molar-refractivity contribution in [1.82, 2.24) is 19.7 Å². The zero-order chi connectivity index (χ0) is 20.3. The van der Waals surface area contributed by atoms with Crippen LogP contribution in [0.4, 0.5) is 13.2 Å². The van der Waals surface area contributed by atoms with E-state index in [4.69, 9.17) is 5.10 Å². The van der Waals surface area contributed by atoms with Crippen LogP contribution < -0.4 is 0 Å². The minimum absolute atomic E-state index is 0.0593. The molecule has 2 fully saturated rings. The molecule has 0 spiro atoms. The van der Waals surface area contributed by atoms with Gasteiger partial charge in [-0.2, -0.15) is 18.3 Å². The lowest BCUT2D eigenvalue weighted by Gasteiger charge is -2.38. The third-order valence-electron chi connectivity index (χ3n) is 6.05. The van der Waals surface area contributed by atoms with Gasteiger partial charge in [-0.15, -0.1) is 0 Å². The second-order valence-electron chi connectivity index (χ2n) is 8.24. The molecule has 2 aromatic heterocycles. The van der Waals surface area contributed by atoms with Crippen molar-refractivity contribution in [2.75, 3.05) is 13.1 Å². The van der Waals surface area contributed by atoms with E-state index < -0.39 is 11.7 Å². The highest BCUT2D eigenvalue weighted by atomic mass is 19.4. The summed E-state index contributed by atoms with van der Waals surface area (Å²) < 4.78 is 41.9. The van der Waals surface area contributed by atoms with Crippen LogP contribution in [-0.4, -0.2) is 44.8 Å². The topological polar surface area (TPSA) is 51.0 Å². The van der Waals surface area contributed by atoms with Crippen molar-refractivity contribution in [2.45, 2.75) is 44.8 Å². The second kappa shape index (κ2) is 6.43. The molecule has 0 N–H and O–H groups in total. The molecule has 0 aromatic carbocycles. The lowest BCUT2D eigenvalue weighted by molar-refractivity contribution is -0.133. The summed E-state index contributed by atoms with van der Waals surface area (Å²) in [4.78, 5) is 17.6. The first-order valence-electron chi connectivity index (χ1n) is 9.90. The first-order valence-corrected chi connectivity index (χ1v) is 9.90. The van der Waals surface area contributed by atoms with Crippen LogP contribution in [-0.2, 0) is 17.8 Å². The maximum absolute atomic E-state index is 13.3. The van der Waals surface area contributed by atoms with Crippen LogP contribution in [0, 0.1) is 5.92 Å². The third kappa shape index (κ3) is 3.34. The highest BCUT2D eigenvalue weighted by molar-refractivity contribution is 5.78. The van der Waals surface area contributed by atoms with Crippen LogP contribution in [0.5, 0.6) is 0 Å². The lowest BCUT2D eigenvalue weighted by Crippen LogP contribution is -2.48. The van der Waals surface area contributed by atoms with Gasteiger partial charge in [0.05, 0.1) is 17.0 Å². The Bertz CT molecular complexity index is 1010. The standard InChI is InChI=1S/C21H21F3N4O/c1-12(29)27-10-15(11-27)20-7-19(26-28(20)9-13-2-3-13)14-6-16-17(21(22,23)24)4-5-18(16)25-8-14/h4,6-8,13,15H,2-3,5,9-11H2,1H3. The molecule has 1 saturated carbocycles. The summed E-state index contributed by atoms with van der Waals surface area (Å²) in [6.45, 7) is 3.70. The zero-order valence-electron chi connectivity index (χ0n) is 16.0. The molecule has 2 aliphatic carbocycles. The molecule has 0 atom stereocenters. The maximum Gasteiger partial charge on any atom is 0.416 e. The van der Waals surface area contributed by atoms with E-state index in [0.717, 1.165) is 12.2 Å². The Labute approximate surface area is 166 Å². The number of fused-ring (bicyclic) bond motifs is 1. The van der Waals surface area contributed by atoms with Crippen molar-refractivity contribution >= 4 is 11.5 Å². The fourth-order valence-corrected chi connectivity index (χ4v) is 4.12. The molecule has 1 amide bonds. The predicted octanol–water partition coefficient (Wildman–Crippen LogP) is 3.80. The summed E-state index contributed by atoms with van der Waals surface area (Å²) in [6, 6.07) is 3.52. The molecule has 152 valence electrons. The van der Waals surface area contributed by atoms with Crippen LogP contribution in [0.15, 0.2) is 24.4 Å². The van der Waals surface area contributed by atoms with E-state index in [1.165, 1.54) is 18.9 Å². The number of aromatic nitrogens is 3. The van der Waals surface area contributed by atoms with Crippen molar-refractivity contribution < 1.29 is 18.0 Å². The fourth-order valence-electron chi connectivity index (χ4n) is 4.12. The van der Waals surface area contributed by atoms with Crippen LogP contribution >= 0.6 is 0 Å². The highest BCUT2D eigenvalue weighted by Gasteiger charge is 2.39. The van der Waals surface area contributed by atoms with Crippen LogP contribution in [0.25, 0.3) is 16.8 Å². The van der Waals surface area contributed by atoms with E-state index in [1.807, 2.05) is 10.7 Å². The molecule has 1 saturated heterocycles. The highest BCUT2D eigenvalue weighted by Crippen LogP contribution is 2.41. The predicted molar refractivity (Wildman–Crippen MR) is 101 cm³/mol. The Balaban J connectivity index is 1.47. The van der Waals surface area contributed by atoms with E-state index in [2.05, 4.69) is 4.98 Å². The van der Waals surface area contributed by atoms with Crippen molar-refractivity contribution in [3.05, 3.63) is 41.4 Å². The number of nitrogens with zero attached hydrogens (tertiary/aromatic N) is 4. The average Bonchev–Trinajstić information content (AvgIpc) is 3.16. The van der Waals surface area contributed by atoms with Gasteiger partial charge in [-0.3, -0.25) is 14.5 Å². The maximum atomic E-state index is 13.3. The number of alkyl halides is 3. The normalized spacial score (nSPS) is 19.2. The minimum Gasteiger partial charge on any atom is -0.341 e. The molecule has 29 heavy (non-hydrogen) atoms. The van der Waals surface area contributed by atoms with E-state index >= 15 is 0 Å². The van der Waals surface area contributed by atoms with Gasteiger partial charge in [0.2, 0.25) is 5.91 Å². The summed E-state index contributed by atoms with van der Waals surface area (Å²) in [7, 11) is 0. The number of carbonyl (C=O) groups excluding carboxylic acids is 1. The Hall–Kier alpha value is -2.64. The number of rotatable bonds is 4. The molecular weight excluding hydrogens is 381 g/mol. The summed E-state index contributed by atoms with van der Waals surface area (Å²) in [5, 5.41) is 4.72. The van der Waals surface area contributed by atoms with Gasteiger partial charge in [0, 0.05) is 61.9 Å². The van der Waals surface area contributed by atoms with Gasteiger partial charge in [0.15, 0.2) is 0 Å². The van der Waals surface area contributed by atoms with Gasteiger partial charge in [-0.1, -0.05) is 6.08 Å². The molecule has 0 bridgehead atoms. The number of hydrogen-bond donors (Lipinski definition) is 0. The molecule has 5 rings (SSSR count). The van der Waals surface area contributed by atoms with Gasteiger partial charge in [-0.25, -0.2) is 0 Å². The molecule has 3 heterocycles. The van der Waals surface area contributed by atoms with Gasteiger partial charge < -0.3 is 4.90 Å². The smallest absolute Gasteiger partial charge is 0.341 e. The van der Waals surface area contributed by atoms with Crippen molar-refractivity contribution in [3.8, 4) is 11.3 Å². The van der Waals surface area contributed by atoms with Crippen LogP contribution in [0.3, 0.4) is 0 Å². The first-order chi connectivity index (χ1) is 13.8. The van der Waals surface area contributed by atoms with Gasteiger partial charge in [0.25, 0.3) is 0 Å². The fraction of sp³-hybridized carbons (Fsp3) is 0.476. The molecular formula is C21H21F3N4O. The van der Waals surface area contributed by atoms with Crippen molar-refractivity contribution in [2.24, 2.45) is 5.92 Å². The molecule has 3 aliphatic rings. The number of likely N-dealkylation sites (tertiary alicyclic amines) is 1. The Kier molecular flexibility index (Phi) is 4.08. The van der Waals surface area contributed by atoms with E-state index in [1.54, 1.807) is 24.1 Å². The Morgan fingerprint density at radius 2 is 2.00 bits per heavy atom. The number of hydrogen-bond acceptors (Lipinski definition) is 3. The Morgan fingerprint density at radius 3 is 2.66 bits per heavy atom. The monoisotopic (exact) mass is 402 g/mol. The molecule has 8 heteroatoms. The van der Waals surface area contributed by atoms with E-state index in [-0.39, 0.29) is 23.8 Å². The third-order valence-corrected chi connectivity index (χ3v) is 6.05. The second-order valence-corrected chi connectivity index (χ2v) is 8.24. The number of amides is 1. The van der Waals surface area contributed by atoms with Crippen LogP contribution in [0.2, 0.25) is 0 Å². The van der Waals surface area contributed by atoms with Crippen LogP contribution in [0.1, 0.15) is 42.6 Å². The number of allylic oxidation sites excluding steroid dienone is 2. The number of carbonyl (C=O) groups is 1. The summed E-state index contributed by atoms with van der Waals surface area (Å²) in [6.07, 6.45) is 0.989. The zero-order valence-corrected chi connectivity index (χ0v) is 16.0. The SMILES string of the molecule is CC(=O)N1CC(c2cc(-c3cnc4c(c3)C(C(F)(F)F)=CC4)nn2CC2CC2)C1. The van der Waals surface area contributed by atoms with Gasteiger partial charge in [0.1, 0.15) is 0 Å². The number of pyridine rings is 1. The van der Waals surface area contributed by atoms with E-state index in [9.17, 15) is 18.0 Å². The van der Waals surface area contributed by atoms with Crippen molar-refractivity contribution in [3.63, 3.8) is 0 Å². The van der Waals surface area contributed by atoms with Gasteiger partial charge in [-0.05, 0) is 30.9 Å². The molecule has 2 aromatic rings. The minimum atomic E-state index is -4.38. The van der Waals surface area contributed by atoms with E-state index in [0.29, 0.717) is 36.0 Å². The average molecular weight is 402 g/mol. The largest absolute Gasteiger partial charge is 0.416 e. The lowest BCUT2D eigenvalue weighted by atomic mass is 9.95. The molecule has 5 nitrogen and oxygen atoms in total. The molecule has 0 unspecified atom stereocenters. The number of halogens is 3. The van der Waals surface area contributed by atoms with Crippen molar-refractivity contribution in [1.29, 1.82) is 0 Å². The summed E-state index contributed by atoms with van der Waals surface area (Å²) in [5.74, 6) is 0.888.